The first-order valence-corrected chi connectivity index (χ1v) is 7.28. The number of nitrogens with two attached hydrogens (primary N) is 1. The van der Waals surface area contributed by atoms with Crippen LogP contribution in [0.3, 0.4) is 0 Å². The summed E-state index contributed by atoms with van der Waals surface area (Å²) in [6, 6.07) is 21.8. The van der Waals surface area contributed by atoms with Gasteiger partial charge in [-0.05, 0) is 29.1 Å². The number of hydrogen-bond donors (Lipinski definition) is 1. The van der Waals surface area contributed by atoms with Crippen LogP contribution in [0.2, 0.25) is 0 Å². The molecule has 0 aliphatic carbocycles. The lowest BCUT2D eigenvalue weighted by Gasteiger charge is -2.15. The van der Waals surface area contributed by atoms with Crippen molar-refractivity contribution >= 4 is 10.8 Å². The average molecular weight is 293 g/mol. The normalized spacial score (nSPS) is 12.1. The molecule has 2 N–H and O–H groups in total. The molecule has 22 heavy (non-hydrogen) atoms. The van der Waals surface area contributed by atoms with Crippen LogP contribution in [0.5, 0.6) is 11.5 Å². The maximum absolute atomic E-state index is 6.21. The van der Waals surface area contributed by atoms with Crippen LogP contribution in [-0.2, 0) is 0 Å². The van der Waals surface area contributed by atoms with Crippen LogP contribution in [0, 0.1) is 0 Å². The van der Waals surface area contributed by atoms with Crippen molar-refractivity contribution in [3.8, 4) is 11.5 Å². The third kappa shape index (κ3) is 3.05. The molecule has 0 aromatic heterocycles. The van der Waals surface area contributed by atoms with Crippen LogP contribution >= 0.6 is 0 Å². The number of ether oxygens (including phenoxy) is 2. The fraction of sp³-hybridized carbons (Fsp3) is 0.158. The number of methoxy groups -OCH3 is 1. The van der Waals surface area contributed by atoms with E-state index in [2.05, 4.69) is 18.2 Å². The van der Waals surface area contributed by atoms with Crippen LogP contribution < -0.4 is 15.2 Å². The molecule has 0 saturated heterocycles. The highest BCUT2D eigenvalue weighted by molar-refractivity contribution is 5.88. The van der Waals surface area contributed by atoms with Gasteiger partial charge in [0.25, 0.3) is 0 Å². The van der Waals surface area contributed by atoms with Gasteiger partial charge in [-0.1, -0.05) is 48.5 Å². The number of hydrogen-bond acceptors (Lipinski definition) is 3. The van der Waals surface area contributed by atoms with Gasteiger partial charge in [-0.25, -0.2) is 0 Å². The predicted octanol–water partition coefficient (Wildman–Crippen LogP) is 3.93. The molecule has 3 rings (SSSR count). The Morgan fingerprint density at radius 3 is 2.41 bits per heavy atom. The Bertz CT molecular complexity index is 747. The molecule has 3 aromatic carbocycles. The molecule has 0 amide bonds. The van der Waals surface area contributed by atoms with E-state index in [-0.39, 0.29) is 6.04 Å². The Morgan fingerprint density at radius 2 is 1.64 bits per heavy atom. The molecule has 0 aliphatic heterocycles. The lowest BCUT2D eigenvalue weighted by Crippen LogP contribution is -2.19. The third-order valence-electron chi connectivity index (χ3n) is 3.71. The Morgan fingerprint density at radius 1 is 0.909 bits per heavy atom. The SMILES string of the molecule is COc1ccc(C(N)COc2cccc3ccccc23)cc1. The van der Waals surface area contributed by atoms with Gasteiger partial charge in [0.05, 0.1) is 13.2 Å². The Balaban J connectivity index is 1.73. The summed E-state index contributed by atoms with van der Waals surface area (Å²) in [5, 5.41) is 2.27. The van der Waals surface area contributed by atoms with Crippen molar-refractivity contribution in [3.63, 3.8) is 0 Å². The molecule has 0 bridgehead atoms. The molecule has 0 aliphatic rings. The van der Waals surface area contributed by atoms with Crippen molar-refractivity contribution in [3.05, 3.63) is 72.3 Å². The monoisotopic (exact) mass is 293 g/mol. The molecule has 0 saturated carbocycles. The van der Waals surface area contributed by atoms with Gasteiger partial charge in [-0.15, -0.1) is 0 Å². The van der Waals surface area contributed by atoms with Crippen LogP contribution in [0.15, 0.2) is 66.7 Å². The van der Waals surface area contributed by atoms with E-state index in [1.807, 2.05) is 48.5 Å². The van der Waals surface area contributed by atoms with Crippen molar-refractivity contribution in [1.82, 2.24) is 0 Å². The van der Waals surface area contributed by atoms with Gasteiger partial charge in [0.15, 0.2) is 0 Å². The van der Waals surface area contributed by atoms with Crippen molar-refractivity contribution in [2.24, 2.45) is 5.73 Å². The second-order valence-electron chi connectivity index (χ2n) is 5.17. The Hall–Kier alpha value is -2.52. The molecule has 1 unspecified atom stereocenters. The fourth-order valence-electron chi connectivity index (χ4n) is 2.45. The maximum Gasteiger partial charge on any atom is 0.127 e. The first-order chi connectivity index (χ1) is 10.8. The van der Waals surface area contributed by atoms with Crippen LogP contribution in [0.25, 0.3) is 10.8 Å². The first kappa shape index (κ1) is 14.4. The highest BCUT2D eigenvalue weighted by atomic mass is 16.5. The van der Waals surface area contributed by atoms with E-state index in [9.17, 15) is 0 Å². The van der Waals surface area contributed by atoms with E-state index < -0.39 is 0 Å². The summed E-state index contributed by atoms with van der Waals surface area (Å²) >= 11 is 0. The average Bonchev–Trinajstić information content (AvgIpc) is 2.59. The smallest absolute Gasteiger partial charge is 0.127 e. The summed E-state index contributed by atoms with van der Waals surface area (Å²) in [6.45, 7) is 0.431. The van der Waals surface area contributed by atoms with Gasteiger partial charge in [-0.3, -0.25) is 0 Å². The lowest BCUT2D eigenvalue weighted by atomic mass is 10.1. The van der Waals surface area contributed by atoms with E-state index in [1.165, 1.54) is 0 Å². The molecule has 0 fully saturated rings. The molecule has 112 valence electrons. The summed E-state index contributed by atoms with van der Waals surface area (Å²) in [7, 11) is 1.65. The standard InChI is InChI=1S/C19H19NO2/c1-21-16-11-9-15(10-12-16)18(20)13-22-19-8-4-6-14-5-2-3-7-17(14)19/h2-12,18H,13,20H2,1H3. The Kier molecular flexibility index (Phi) is 4.26. The summed E-state index contributed by atoms with van der Waals surface area (Å²) in [5.41, 5.74) is 7.24. The fourth-order valence-corrected chi connectivity index (χ4v) is 2.45. The van der Waals surface area contributed by atoms with Crippen LogP contribution in [-0.4, -0.2) is 13.7 Å². The first-order valence-electron chi connectivity index (χ1n) is 7.28. The van der Waals surface area contributed by atoms with Crippen molar-refractivity contribution < 1.29 is 9.47 Å². The molecular weight excluding hydrogens is 274 g/mol. The Labute approximate surface area is 130 Å². The third-order valence-corrected chi connectivity index (χ3v) is 3.71. The molecule has 3 nitrogen and oxygen atoms in total. The zero-order valence-electron chi connectivity index (χ0n) is 12.5. The zero-order chi connectivity index (χ0) is 15.4. The van der Waals surface area contributed by atoms with Gasteiger partial charge >= 0.3 is 0 Å². The van der Waals surface area contributed by atoms with Gasteiger partial charge in [0.1, 0.15) is 18.1 Å². The molecule has 1 atom stereocenters. The number of fused-ring (bicyclic) bond motifs is 1. The molecular formula is C19H19NO2. The quantitative estimate of drug-likeness (QED) is 0.775. The van der Waals surface area contributed by atoms with Gasteiger partial charge in [0, 0.05) is 5.39 Å². The van der Waals surface area contributed by atoms with E-state index in [4.69, 9.17) is 15.2 Å². The van der Waals surface area contributed by atoms with E-state index in [0.29, 0.717) is 6.61 Å². The highest BCUT2D eigenvalue weighted by Crippen LogP contribution is 2.26. The molecule has 3 heteroatoms. The number of benzene rings is 3. The summed E-state index contributed by atoms with van der Waals surface area (Å²) in [5.74, 6) is 1.69. The maximum atomic E-state index is 6.21. The molecule has 0 radical (unpaired) electrons. The molecule has 0 heterocycles. The highest BCUT2D eigenvalue weighted by Gasteiger charge is 2.08. The topological polar surface area (TPSA) is 44.5 Å². The zero-order valence-corrected chi connectivity index (χ0v) is 12.5. The lowest BCUT2D eigenvalue weighted by molar-refractivity contribution is 0.294. The summed E-state index contributed by atoms with van der Waals surface area (Å²) in [6.07, 6.45) is 0. The van der Waals surface area contributed by atoms with Crippen molar-refractivity contribution in [2.75, 3.05) is 13.7 Å². The van der Waals surface area contributed by atoms with Crippen LogP contribution in [0.1, 0.15) is 11.6 Å². The minimum atomic E-state index is -0.176. The summed E-state index contributed by atoms with van der Waals surface area (Å²) in [4.78, 5) is 0. The largest absolute Gasteiger partial charge is 0.497 e. The second-order valence-corrected chi connectivity index (χ2v) is 5.17. The van der Waals surface area contributed by atoms with Crippen molar-refractivity contribution in [1.29, 1.82) is 0 Å². The molecule has 3 aromatic rings. The predicted molar refractivity (Wildman–Crippen MR) is 89.4 cm³/mol. The van der Waals surface area contributed by atoms with Crippen molar-refractivity contribution in [2.45, 2.75) is 6.04 Å². The van der Waals surface area contributed by atoms with Gasteiger partial charge in [0.2, 0.25) is 0 Å². The van der Waals surface area contributed by atoms with Gasteiger partial charge in [-0.2, -0.15) is 0 Å². The van der Waals surface area contributed by atoms with E-state index >= 15 is 0 Å². The minimum absolute atomic E-state index is 0.176. The number of rotatable bonds is 5. The van der Waals surface area contributed by atoms with Crippen LogP contribution in [0.4, 0.5) is 0 Å². The minimum Gasteiger partial charge on any atom is -0.497 e. The second kappa shape index (κ2) is 6.50. The van der Waals surface area contributed by atoms with E-state index in [1.54, 1.807) is 7.11 Å². The van der Waals surface area contributed by atoms with Gasteiger partial charge < -0.3 is 15.2 Å². The van der Waals surface area contributed by atoms with E-state index in [0.717, 1.165) is 27.8 Å². The summed E-state index contributed by atoms with van der Waals surface area (Å²) < 4.78 is 11.1. The molecule has 0 spiro atoms.